The summed E-state index contributed by atoms with van der Waals surface area (Å²) in [5.41, 5.74) is 1.15. The molecule has 0 amide bonds. The molecule has 0 unspecified atom stereocenters. The van der Waals surface area contributed by atoms with Crippen molar-refractivity contribution in [3.63, 3.8) is 0 Å². The molecule has 1 heterocycles. The molecule has 0 spiro atoms. The zero-order chi connectivity index (χ0) is 19.3. The fraction of sp³-hybridized carbons (Fsp3) is 0.350. The highest BCUT2D eigenvalue weighted by molar-refractivity contribution is 7.89. The molecule has 2 aromatic rings. The van der Waals surface area contributed by atoms with Crippen LogP contribution in [0.4, 0.5) is 0 Å². The number of hydrogen-bond acceptors (Lipinski definition) is 4. The van der Waals surface area contributed by atoms with Gasteiger partial charge in [0.05, 0.1) is 17.9 Å². The van der Waals surface area contributed by atoms with Crippen LogP contribution >= 0.6 is 0 Å². The van der Waals surface area contributed by atoms with Crippen LogP contribution in [0.25, 0.3) is 0 Å². The highest BCUT2D eigenvalue weighted by Gasteiger charge is 2.29. The van der Waals surface area contributed by atoms with Gasteiger partial charge in [0.2, 0.25) is 10.0 Å². The second-order valence-corrected chi connectivity index (χ2v) is 8.49. The van der Waals surface area contributed by atoms with E-state index in [0.717, 1.165) is 18.4 Å². The lowest BCUT2D eigenvalue weighted by Gasteiger charge is -2.31. The average molecular weight is 389 g/mol. The monoisotopic (exact) mass is 389 g/mol. The van der Waals surface area contributed by atoms with Crippen molar-refractivity contribution in [1.29, 1.82) is 0 Å². The molecule has 1 aliphatic rings. The van der Waals surface area contributed by atoms with E-state index in [4.69, 9.17) is 9.84 Å². The summed E-state index contributed by atoms with van der Waals surface area (Å²) in [5.74, 6) is 0.0632. The Morgan fingerprint density at radius 1 is 1.04 bits per heavy atom. The summed E-state index contributed by atoms with van der Waals surface area (Å²) in [7, 11) is -3.43. The number of carbonyl (C=O) groups is 1. The first kappa shape index (κ1) is 19.4. The van der Waals surface area contributed by atoms with E-state index in [0.29, 0.717) is 29.7 Å². The Morgan fingerprint density at radius 2 is 1.67 bits per heavy atom. The quantitative estimate of drug-likeness (QED) is 0.787. The highest BCUT2D eigenvalue weighted by Crippen LogP contribution is 2.31. The molecule has 0 bridgehead atoms. The van der Waals surface area contributed by atoms with E-state index in [1.807, 2.05) is 24.3 Å². The summed E-state index contributed by atoms with van der Waals surface area (Å²) in [6, 6.07) is 16.2. The molecule has 1 N–H and O–H groups in total. The third kappa shape index (κ3) is 4.87. The SMILES string of the molecule is O=C(O)CCOc1ccc(C2CCN(S(=O)(=O)c3ccccc3)CC2)cc1. The Bertz CT molecular complexity index is 857. The van der Waals surface area contributed by atoms with E-state index < -0.39 is 16.0 Å². The van der Waals surface area contributed by atoms with Crippen LogP contribution in [0.5, 0.6) is 5.75 Å². The minimum absolute atomic E-state index is 0.0316. The smallest absolute Gasteiger partial charge is 0.306 e. The normalized spacial score (nSPS) is 16.1. The number of piperidine rings is 1. The highest BCUT2D eigenvalue weighted by atomic mass is 32.2. The number of hydrogen-bond donors (Lipinski definition) is 1. The number of aliphatic carboxylic acids is 1. The lowest BCUT2D eigenvalue weighted by atomic mass is 9.90. The van der Waals surface area contributed by atoms with Gasteiger partial charge >= 0.3 is 5.97 Å². The molecule has 0 radical (unpaired) electrons. The second kappa shape index (κ2) is 8.54. The molecule has 144 valence electrons. The zero-order valence-corrected chi connectivity index (χ0v) is 15.8. The van der Waals surface area contributed by atoms with Crippen molar-refractivity contribution in [3.05, 3.63) is 60.2 Å². The van der Waals surface area contributed by atoms with Gasteiger partial charge in [0.1, 0.15) is 5.75 Å². The van der Waals surface area contributed by atoms with E-state index in [1.54, 1.807) is 34.6 Å². The molecule has 3 rings (SSSR count). The molecule has 7 heteroatoms. The largest absolute Gasteiger partial charge is 0.493 e. The Morgan fingerprint density at radius 3 is 2.26 bits per heavy atom. The maximum Gasteiger partial charge on any atom is 0.306 e. The van der Waals surface area contributed by atoms with Crippen molar-refractivity contribution in [2.45, 2.75) is 30.1 Å². The van der Waals surface area contributed by atoms with Crippen molar-refractivity contribution in [2.24, 2.45) is 0 Å². The molecule has 1 saturated heterocycles. The van der Waals surface area contributed by atoms with Crippen molar-refractivity contribution < 1.29 is 23.1 Å². The lowest BCUT2D eigenvalue weighted by molar-refractivity contribution is -0.137. The molecule has 1 fully saturated rings. The van der Waals surface area contributed by atoms with Gasteiger partial charge in [0.15, 0.2) is 0 Å². The van der Waals surface area contributed by atoms with E-state index in [1.165, 1.54) is 0 Å². The molecule has 0 saturated carbocycles. The molecule has 27 heavy (non-hydrogen) atoms. The molecular weight excluding hydrogens is 366 g/mol. The van der Waals surface area contributed by atoms with E-state index in [2.05, 4.69) is 0 Å². The molecule has 0 aromatic heterocycles. The van der Waals surface area contributed by atoms with Crippen molar-refractivity contribution in [3.8, 4) is 5.75 Å². The van der Waals surface area contributed by atoms with Gasteiger partial charge in [-0.25, -0.2) is 8.42 Å². The van der Waals surface area contributed by atoms with Gasteiger partial charge in [-0.2, -0.15) is 4.31 Å². The number of sulfonamides is 1. The predicted molar refractivity (Wildman–Crippen MR) is 101 cm³/mol. The van der Waals surface area contributed by atoms with Gasteiger partial charge in [-0.15, -0.1) is 0 Å². The van der Waals surface area contributed by atoms with Gasteiger partial charge in [-0.1, -0.05) is 30.3 Å². The maximum absolute atomic E-state index is 12.7. The summed E-state index contributed by atoms with van der Waals surface area (Å²) in [5, 5.41) is 8.63. The Hall–Kier alpha value is -2.38. The third-order valence-electron chi connectivity index (χ3n) is 4.77. The topological polar surface area (TPSA) is 83.9 Å². The lowest BCUT2D eigenvalue weighted by Crippen LogP contribution is -2.37. The van der Waals surface area contributed by atoms with Gasteiger partial charge in [0.25, 0.3) is 0 Å². The van der Waals surface area contributed by atoms with Crippen LogP contribution in [-0.2, 0) is 14.8 Å². The third-order valence-corrected chi connectivity index (χ3v) is 6.68. The fourth-order valence-corrected chi connectivity index (χ4v) is 4.75. The van der Waals surface area contributed by atoms with Crippen LogP contribution in [0.1, 0.15) is 30.7 Å². The summed E-state index contributed by atoms with van der Waals surface area (Å²) in [4.78, 5) is 10.9. The predicted octanol–water partition coefficient (Wildman–Crippen LogP) is 3.11. The maximum atomic E-state index is 12.7. The van der Waals surface area contributed by atoms with Gasteiger partial charge in [-0.3, -0.25) is 4.79 Å². The number of rotatable bonds is 7. The van der Waals surface area contributed by atoms with Gasteiger partial charge in [-0.05, 0) is 48.6 Å². The number of ether oxygens (including phenoxy) is 1. The van der Waals surface area contributed by atoms with Crippen LogP contribution in [0.3, 0.4) is 0 Å². The number of nitrogens with zero attached hydrogens (tertiary/aromatic N) is 1. The molecule has 0 atom stereocenters. The van der Waals surface area contributed by atoms with E-state index in [-0.39, 0.29) is 13.0 Å². The first-order valence-corrected chi connectivity index (χ1v) is 10.4. The Labute approximate surface area is 159 Å². The summed E-state index contributed by atoms with van der Waals surface area (Å²) in [6.07, 6.45) is 1.51. The van der Waals surface area contributed by atoms with Gasteiger partial charge < -0.3 is 9.84 Å². The minimum Gasteiger partial charge on any atom is -0.493 e. The molecule has 6 nitrogen and oxygen atoms in total. The molecule has 1 aliphatic heterocycles. The van der Waals surface area contributed by atoms with Crippen LogP contribution < -0.4 is 4.74 Å². The molecular formula is C20H23NO5S. The molecule has 2 aromatic carbocycles. The van der Waals surface area contributed by atoms with E-state index in [9.17, 15) is 13.2 Å². The van der Waals surface area contributed by atoms with Crippen molar-refractivity contribution in [1.82, 2.24) is 4.31 Å². The average Bonchev–Trinajstić information content (AvgIpc) is 2.69. The van der Waals surface area contributed by atoms with Crippen LogP contribution in [-0.4, -0.2) is 43.5 Å². The second-order valence-electron chi connectivity index (χ2n) is 6.55. The standard InChI is InChI=1S/C20H23NO5S/c22-20(23)12-15-26-18-8-6-16(7-9-18)17-10-13-21(14-11-17)27(24,25)19-4-2-1-3-5-19/h1-9,17H,10-15H2,(H,22,23). The summed E-state index contributed by atoms with van der Waals surface area (Å²) in [6.45, 7) is 1.14. The minimum atomic E-state index is -3.43. The first-order valence-electron chi connectivity index (χ1n) is 8.96. The fourth-order valence-electron chi connectivity index (χ4n) is 3.26. The first-order chi connectivity index (χ1) is 13.0. The molecule has 0 aliphatic carbocycles. The van der Waals surface area contributed by atoms with Gasteiger partial charge in [0, 0.05) is 13.1 Å². The van der Waals surface area contributed by atoms with Crippen LogP contribution in [0, 0.1) is 0 Å². The van der Waals surface area contributed by atoms with Crippen molar-refractivity contribution >= 4 is 16.0 Å². The number of carboxylic acids is 1. The Kier molecular flexibility index (Phi) is 6.13. The zero-order valence-electron chi connectivity index (χ0n) is 15.0. The van der Waals surface area contributed by atoms with Crippen LogP contribution in [0.15, 0.2) is 59.5 Å². The van der Waals surface area contributed by atoms with Crippen molar-refractivity contribution in [2.75, 3.05) is 19.7 Å². The number of carboxylic acid groups (broad SMARTS) is 1. The summed E-state index contributed by atoms with van der Waals surface area (Å²) < 4.78 is 32.3. The van der Waals surface area contributed by atoms with Crippen LogP contribution in [0.2, 0.25) is 0 Å². The van der Waals surface area contributed by atoms with E-state index >= 15 is 0 Å². The number of benzene rings is 2. The summed E-state index contributed by atoms with van der Waals surface area (Å²) >= 11 is 0. The Balaban J connectivity index is 1.57.